The summed E-state index contributed by atoms with van der Waals surface area (Å²) < 4.78 is 0. The first kappa shape index (κ1) is 11.6. The van der Waals surface area contributed by atoms with Gasteiger partial charge in [0, 0.05) is 25.3 Å². The van der Waals surface area contributed by atoms with E-state index in [9.17, 15) is 0 Å². The van der Waals surface area contributed by atoms with Crippen molar-refractivity contribution in [3.63, 3.8) is 0 Å². The number of aryl methyl sites for hydroxylation is 1. The van der Waals surface area contributed by atoms with E-state index in [0.717, 1.165) is 19.6 Å². The molecule has 2 N–H and O–H groups in total. The Labute approximate surface area is 97.7 Å². The van der Waals surface area contributed by atoms with Crippen molar-refractivity contribution < 1.29 is 0 Å². The van der Waals surface area contributed by atoms with Crippen LogP contribution in [0.25, 0.3) is 0 Å². The molecule has 2 atom stereocenters. The van der Waals surface area contributed by atoms with Gasteiger partial charge in [-0.15, -0.1) is 0 Å². The summed E-state index contributed by atoms with van der Waals surface area (Å²) in [5.74, 6) is 0.717. The number of aromatic nitrogens is 1. The van der Waals surface area contributed by atoms with E-state index in [1.165, 1.54) is 17.7 Å². The van der Waals surface area contributed by atoms with Gasteiger partial charge in [-0.3, -0.25) is 9.88 Å². The Hall–Kier alpha value is -0.930. The first-order valence-corrected chi connectivity index (χ1v) is 6.07. The van der Waals surface area contributed by atoms with Crippen LogP contribution in [0.15, 0.2) is 18.3 Å². The normalized spacial score (nSPS) is 26.2. The van der Waals surface area contributed by atoms with Gasteiger partial charge in [0.05, 0.1) is 5.69 Å². The Morgan fingerprint density at radius 1 is 1.56 bits per heavy atom. The third-order valence-electron chi connectivity index (χ3n) is 3.71. The molecule has 3 nitrogen and oxygen atoms in total. The molecule has 88 valence electrons. The Morgan fingerprint density at radius 3 is 3.06 bits per heavy atom. The number of pyridine rings is 1. The van der Waals surface area contributed by atoms with Crippen LogP contribution in [0, 0.1) is 12.8 Å². The van der Waals surface area contributed by atoms with E-state index >= 15 is 0 Å². The Bertz CT molecular complexity index is 351. The third-order valence-corrected chi connectivity index (χ3v) is 3.71. The molecule has 16 heavy (non-hydrogen) atoms. The molecule has 0 radical (unpaired) electrons. The van der Waals surface area contributed by atoms with Crippen molar-refractivity contribution in [2.75, 3.05) is 13.1 Å². The number of nitrogens with zero attached hydrogens (tertiary/aromatic N) is 2. The van der Waals surface area contributed by atoms with Crippen molar-refractivity contribution in [3.8, 4) is 0 Å². The highest BCUT2D eigenvalue weighted by Gasteiger charge is 2.30. The van der Waals surface area contributed by atoms with Crippen LogP contribution in [0.4, 0.5) is 0 Å². The molecule has 0 saturated carbocycles. The van der Waals surface area contributed by atoms with Crippen molar-refractivity contribution in [1.82, 2.24) is 9.88 Å². The second-order valence-electron chi connectivity index (χ2n) is 4.81. The maximum Gasteiger partial charge on any atom is 0.0573 e. The molecule has 1 saturated heterocycles. The van der Waals surface area contributed by atoms with Crippen LogP contribution in [0.2, 0.25) is 0 Å². The molecule has 2 heterocycles. The lowest BCUT2D eigenvalue weighted by molar-refractivity contribution is 0.225. The number of nitrogens with two attached hydrogens (primary N) is 1. The number of likely N-dealkylation sites (tertiary alicyclic amines) is 1. The second kappa shape index (κ2) is 4.93. The van der Waals surface area contributed by atoms with Crippen molar-refractivity contribution in [2.45, 2.75) is 32.9 Å². The van der Waals surface area contributed by atoms with Crippen molar-refractivity contribution >= 4 is 0 Å². The van der Waals surface area contributed by atoms with Gasteiger partial charge in [0.2, 0.25) is 0 Å². The van der Waals surface area contributed by atoms with E-state index < -0.39 is 0 Å². The summed E-state index contributed by atoms with van der Waals surface area (Å²) >= 11 is 0. The molecular formula is C13H21N3. The quantitative estimate of drug-likeness (QED) is 0.839. The van der Waals surface area contributed by atoms with E-state index in [0.29, 0.717) is 12.0 Å². The fourth-order valence-electron chi connectivity index (χ4n) is 2.54. The van der Waals surface area contributed by atoms with Crippen molar-refractivity contribution in [3.05, 3.63) is 29.6 Å². The molecule has 1 aliphatic rings. The molecule has 0 aliphatic carbocycles. The Balaban J connectivity index is 2.08. The van der Waals surface area contributed by atoms with Gasteiger partial charge in [0.15, 0.2) is 0 Å². The maximum absolute atomic E-state index is 5.84. The van der Waals surface area contributed by atoms with Crippen LogP contribution in [-0.4, -0.2) is 29.0 Å². The van der Waals surface area contributed by atoms with Gasteiger partial charge in [-0.05, 0) is 37.4 Å². The van der Waals surface area contributed by atoms with E-state index in [-0.39, 0.29) is 0 Å². The van der Waals surface area contributed by atoms with Gasteiger partial charge in [0.25, 0.3) is 0 Å². The first-order chi connectivity index (χ1) is 7.72. The minimum atomic E-state index is 0.529. The first-order valence-electron chi connectivity index (χ1n) is 6.07. The van der Waals surface area contributed by atoms with Crippen LogP contribution < -0.4 is 5.73 Å². The van der Waals surface area contributed by atoms with Crippen molar-refractivity contribution in [1.29, 1.82) is 0 Å². The monoisotopic (exact) mass is 219 g/mol. The largest absolute Gasteiger partial charge is 0.329 e. The van der Waals surface area contributed by atoms with Gasteiger partial charge < -0.3 is 5.73 Å². The summed E-state index contributed by atoms with van der Waals surface area (Å²) in [5.41, 5.74) is 8.31. The van der Waals surface area contributed by atoms with E-state index in [4.69, 9.17) is 5.73 Å². The van der Waals surface area contributed by atoms with Crippen LogP contribution in [0.3, 0.4) is 0 Å². The number of hydrogen-bond donors (Lipinski definition) is 1. The minimum Gasteiger partial charge on any atom is -0.329 e. The van der Waals surface area contributed by atoms with Crippen LogP contribution in [0.5, 0.6) is 0 Å². The topological polar surface area (TPSA) is 42.2 Å². The SMILES string of the molecule is Cc1cccnc1CN1CCC(C)C1CN. The van der Waals surface area contributed by atoms with Crippen LogP contribution >= 0.6 is 0 Å². The van der Waals surface area contributed by atoms with Crippen molar-refractivity contribution in [2.24, 2.45) is 11.7 Å². The van der Waals surface area contributed by atoms with Crippen LogP contribution in [0.1, 0.15) is 24.6 Å². The zero-order valence-electron chi connectivity index (χ0n) is 10.2. The van der Waals surface area contributed by atoms with E-state index in [2.05, 4.69) is 29.8 Å². The smallest absolute Gasteiger partial charge is 0.0573 e. The highest BCUT2D eigenvalue weighted by atomic mass is 15.2. The standard InChI is InChI=1S/C13H21N3/c1-10-4-3-6-15-12(10)9-16-7-5-11(2)13(16)8-14/h3-4,6,11,13H,5,7-9,14H2,1-2H3. The summed E-state index contributed by atoms with van der Waals surface area (Å²) in [6.07, 6.45) is 3.13. The lowest BCUT2D eigenvalue weighted by atomic mass is 10.0. The highest BCUT2D eigenvalue weighted by molar-refractivity contribution is 5.17. The fraction of sp³-hybridized carbons (Fsp3) is 0.615. The van der Waals surface area contributed by atoms with E-state index in [1.54, 1.807) is 0 Å². The molecule has 0 bridgehead atoms. The Kier molecular flexibility index (Phi) is 3.56. The fourth-order valence-corrected chi connectivity index (χ4v) is 2.54. The van der Waals surface area contributed by atoms with Gasteiger partial charge in [-0.2, -0.15) is 0 Å². The lowest BCUT2D eigenvalue weighted by Crippen LogP contribution is -2.38. The zero-order valence-corrected chi connectivity index (χ0v) is 10.2. The molecule has 2 unspecified atom stereocenters. The molecular weight excluding hydrogens is 198 g/mol. The average molecular weight is 219 g/mol. The van der Waals surface area contributed by atoms with Gasteiger partial charge in [-0.1, -0.05) is 13.0 Å². The van der Waals surface area contributed by atoms with Gasteiger partial charge >= 0.3 is 0 Å². The molecule has 3 heteroatoms. The lowest BCUT2D eigenvalue weighted by Gasteiger charge is -2.25. The maximum atomic E-state index is 5.84. The highest BCUT2D eigenvalue weighted by Crippen LogP contribution is 2.24. The predicted octanol–water partition coefficient (Wildman–Crippen LogP) is 1.56. The average Bonchev–Trinajstić information content (AvgIpc) is 2.63. The van der Waals surface area contributed by atoms with Gasteiger partial charge in [0.1, 0.15) is 0 Å². The van der Waals surface area contributed by atoms with Crippen LogP contribution in [-0.2, 0) is 6.54 Å². The third kappa shape index (κ3) is 2.25. The van der Waals surface area contributed by atoms with Gasteiger partial charge in [-0.25, -0.2) is 0 Å². The summed E-state index contributed by atoms with van der Waals surface area (Å²) in [4.78, 5) is 6.93. The molecule has 0 amide bonds. The minimum absolute atomic E-state index is 0.529. The molecule has 1 aliphatic heterocycles. The molecule has 1 aromatic rings. The molecule has 0 spiro atoms. The zero-order chi connectivity index (χ0) is 11.5. The second-order valence-corrected chi connectivity index (χ2v) is 4.81. The summed E-state index contributed by atoms with van der Waals surface area (Å²) in [6.45, 7) is 7.27. The predicted molar refractivity (Wildman–Crippen MR) is 66.0 cm³/mol. The number of rotatable bonds is 3. The molecule has 2 rings (SSSR count). The molecule has 1 fully saturated rings. The Morgan fingerprint density at radius 2 is 2.38 bits per heavy atom. The summed E-state index contributed by atoms with van der Waals surface area (Å²) in [7, 11) is 0. The molecule has 1 aromatic heterocycles. The summed E-state index contributed by atoms with van der Waals surface area (Å²) in [5, 5.41) is 0. The summed E-state index contributed by atoms with van der Waals surface area (Å²) in [6, 6.07) is 4.65. The number of hydrogen-bond acceptors (Lipinski definition) is 3. The molecule has 0 aromatic carbocycles. The van der Waals surface area contributed by atoms with E-state index in [1.807, 2.05) is 12.3 Å².